The van der Waals surface area contributed by atoms with E-state index in [1.165, 1.54) is 0 Å². The molecule has 17 heavy (non-hydrogen) atoms. The lowest BCUT2D eigenvalue weighted by Gasteiger charge is -2.22. The minimum Gasteiger partial charge on any atom is -0.481 e. The number of nitrogens with one attached hydrogen (secondary N) is 2. The molecule has 0 aromatic heterocycles. The molecule has 3 N–H and O–H groups in total. The molecule has 6 heteroatoms. The van der Waals surface area contributed by atoms with Gasteiger partial charge in [0.05, 0.1) is 18.1 Å². The van der Waals surface area contributed by atoms with Crippen molar-refractivity contribution in [2.75, 3.05) is 26.8 Å². The fourth-order valence-electron chi connectivity index (χ4n) is 1.01. The zero-order chi connectivity index (χ0) is 13.5. The molecule has 6 nitrogen and oxygen atoms in total. The lowest BCUT2D eigenvalue weighted by Crippen LogP contribution is -2.47. The highest BCUT2D eigenvalue weighted by atomic mass is 16.5. The van der Waals surface area contributed by atoms with Crippen molar-refractivity contribution < 1.29 is 19.4 Å². The van der Waals surface area contributed by atoms with E-state index in [0.717, 1.165) is 0 Å². The van der Waals surface area contributed by atoms with Crippen LogP contribution in [0.2, 0.25) is 0 Å². The van der Waals surface area contributed by atoms with Crippen molar-refractivity contribution in [3.63, 3.8) is 0 Å². The van der Waals surface area contributed by atoms with Crippen LogP contribution in [0, 0.1) is 5.41 Å². The molecule has 1 unspecified atom stereocenters. The molecule has 1 amide bonds. The molecule has 0 aliphatic carbocycles. The van der Waals surface area contributed by atoms with Crippen molar-refractivity contribution in [3.8, 4) is 0 Å². The Morgan fingerprint density at radius 1 is 1.41 bits per heavy atom. The predicted octanol–water partition coefficient (Wildman–Crippen LogP) is -0.162. The van der Waals surface area contributed by atoms with Gasteiger partial charge in [-0.2, -0.15) is 0 Å². The number of ether oxygens (including phenoxy) is 1. The monoisotopic (exact) mass is 246 g/mol. The van der Waals surface area contributed by atoms with E-state index in [4.69, 9.17) is 9.84 Å². The maximum Gasteiger partial charge on any atom is 0.310 e. The molecule has 0 saturated carbocycles. The van der Waals surface area contributed by atoms with E-state index < -0.39 is 17.4 Å². The summed E-state index contributed by atoms with van der Waals surface area (Å²) in [5.41, 5.74) is -0.888. The molecule has 0 aromatic rings. The van der Waals surface area contributed by atoms with Crippen LogP contribution in [-0.2, 0) is 14.3 Å². The average Bonchev–Trinajstić information content (AvgIpc) is 2.26. The Balaban J connectivity index is 3.97. The van der Waals surface area contributed by atoms with Crippen LogP contribution in [0.25, 0.3) is 0 Å². The largest absolute Gasteiger partial charge is 0.481 e. The van der Waals surface area contributed by atoms with Crippen LogP contribution in [0.3, 0.4) is 0 Å². The van der Waals surface area contributed by atoms with Gasteiger partial charge in [0.15, 0.2) is 0 Å². The molecule has 0 aliphatic rings. The summed E-state index contributed by atoms with van der Waals surface area (Å²) in [5, 5.41) is 14.5. The van der Waals surface area contributed by atoms with Crippen LogP contribution in [-0.4, -0.2) is 49.8 Å². The van der Waals surface area contributed by atoms with Gasteiger partial charge in [-0.1, -0.05) is 0 Å². The van der Waals surface area contributed by atoms with E-state index >= 15 is 0 Å². The number of rotatable bonds is 8. The molecule has 0 saturated heterocycles. The molecule has 0 spiro atoms. The number of carboxylic acid groups (broad SMARTS) is 1. The SMILES string of the molecule is COCCNC(=O)C(C)NCC(C)(C)C(=O)O. The second-order valence-electron chi connectivity index (χ2n) is 4.58. The molecule has 0 heterocycles. The number of amides is 1. The van der Waals surface area contributed by atoms with E-state index in [1.54, 1.807) is 27.9 Å². The van der Waals surface area contributed by atoms with E-state index in [1.807, 2.05) is 0 Å². The lowest BCUT2D eigenvalue weighted by atomic mass is 9.93. The number of hydrogen-bond donors (Lipinski definition) is 3. The van der Waals surface area contributed by atoms with E-state index in [9.17, 15) is 9.59 Å². The van der Waals surface area contributed by atoms with Crippen LogP contribution in [0.4, 0.5) is 0 Å². The van der Waals surface area contributed by atoms with Gasteiger partial charge in [-0.3, -0.25) is 9.59 Å². The maximum absolute atomic E-state index is 11.5. The summed E-state index contributed by atoms with van der Waals surface area (Å²) >= 11 is 0. The summed E-state index contributed by atoms with van der Waals surface area (Å²) in [6.07, 6.45) is 0. The smallest absolute Gasteiger partial charge is 0.310 e. The Morgan fingerprint density at radius 2 is 2.00 bits per heavy atom. The molecule has 0 rings (SSSR count). The molecular weight excluding hydrogens is 224 g/mol. The van der Waals surface area contributed by atoms with Crippen LogP contribution >= 0.6 is 0 Å². The van der Waals surface area contributed by atoms with Gasteiger partial charge in [0.1, 0.15) is 0 Å². The molecule has 1 atom stereocenters. The number of carbonyl (C=O) groups excluding carboxylic acids is 1. The first kappa shape index (κ1) is 15.9. The summed E-state index contributed by atoms with van der Waals surface area (Å²) in [6.45, 7) is 6.06. The zero-order valence-corrected chi connectivity index (χ0v) is 10.9. The lowest BCUT2D eigenvalue weighted by molar-refractivity contribution is -0.147. The van der Waals surface area contributed by atoms with Crippen molar-refractivity contribution in [3.05, 3.63) is 0 Å². The highest BCUT2D eigenvalue weighted by Gasteiger charge is 2.28. The molecule has 0 fully saturated rings. The minimum atomic E-state index is -0.892. The van der Waals surface area contributed by atoms with E-state index in [0.29, 0.717) is 13.2 Å². The van der Waals surface area contributed by atoms with Gasteiger partial charge in [0.25, 0.3) is 0 Å². The van der Waals surface area contributed by atoms with Crippen LogP contribution in [0.5, 0.6) is 0 Å². The van der Waals surface area contributed by atoms with Gasteiger partial charge in [0, 0.05) is 20.2 Å². The highest BCUT2D eigenvalue weighted by molar-refractivity contribution is 5.81. The van der Waals surface area contributed by atoms with Crippen molar-refractivity contribution >= 4 is 11.9 Å². The van der Waals surface area contributed by atoms with Gasteiger partial charge in [-0.25, -0.2) is 0 Å². The summed E-state index contributed by atoms with van der Waals surface area (Å²) in [4.78, 5) is 22.4. The second kappa shape index (κ2) is 7.24. The van der Waals surface area contributed by atoms with Gasteiger partial charge in [0.2, 0.25) is 5.91 Å². The fourth-order valence-corrected chi connectivity index (χ4v) is 1.01. The van der Waals surface area contributed by atoms with Crippen LogP contribution < -0.4 is 10.6 Å². The summed E-state index contributed by atoms with van der Waals surface area (Å²) in [5.74, 6) is -1.06. The number of methoxy groups -OCH3 is 1. The molecule has 0 aliphatic heterocycles. The third-order valence-corrected chi connectivity index (χ3v) is 2.43. The minimum absolute atomic E-state index is 0.164. The van der Waals surface area contributed by atoms with Crippen molar-refractivity contribution in [1.82, 2.24) is 10.6 Å². The van der Waals surface area contributed by atoms with Gasteiger partial charge < -0.3 is 20.5 Å². The van der Waals surface area contributed by atoms with Crippen LogP contribution in [0.15, 0.2) is 0 Å². The Kier molecular flexibility index (Phi) is 6.75. The summed E-state index contributed by atoms with van der Waals surface area (Å²) < 4.78 is 4.80. The Bertz CT molecular complexity index is 266. The third-order valence-electron chi connectivity index (χ3n) is 2.43. The normalized spacial score (nSPS) is 13.2. The molecule has 0 bridgehead atoms. The topological polar surface area (TPSA) is 87.7 Å². The Labute approximate surface area is 102 Å². The predicted molar refractivity (Wildman–Crippen MR) is 63.8 cm³/mol. The first-order valence-corrected chi connectivity index (χ1v) is 5.54. The average molecular weight is 246 g/mol. The molecule has 0 aromatic carbocycles. The van der Waals surface area contributed by atoms with Gasteiger partial charge in [-0.15, -0.1) is 0 Å². The summed E-state index contributed by atoms with van der Waals surface area (Å²) in [7, 11) is 1.56. The highest BCUT2D eigenvalue weighted by Crippen LogP contribution is 2.13. The Hall–Kier alpha value is -1.14. The zero-order valence-electron chi connectivity index (χ0n) is 10.9. The maximum atomic E-state index is 11.5. The van der Waals surface area contributed by atoms with Gasteiger partial charge in [-0.05, 0) is 20.8 Å². The Morgan fingerprint density at radius 3 is 2.47 bits per heavy atom. The first-order chi connectivity index (χ1) is 7.81. The van der Waals surface area contributed by atoms with Gasteiger partial charge >= 0.3 is 5.97 Å². The first-order valence-electron chi connectivity index (χ1n) is 5.54. The molecular formula is C11H22N2O4. The number of hydrogen-bond acceptors (Lipinski definition) is 4. The second-order valence-corrected chi connectivity index (χ2v) is 4.58. The number of carboxylic acids is 1. The standard InChI is InChI=1S/C11H22N2O4/c1-8(9(14)12-5-6-17-4)13-7-11(2,3)10(15)16/h8,13H,5-7H2,1-4H3,(H,12,14)(H,15,16). The van der Waals surface area contributed by atoms with E-state index in [2.05, 4.69) is 10.6 Å². The van der Waals surface area contributed by atoms with Crippen molar-refractivity contribution in [2.45, 2.75) is 26.8 Å². The third kappa shape index (κ3) is 6.23. The molecule has 0 radical (unpaired) electrons. The van der Waals surface area contributed by atoms with Crippen molar-refractivity contribution in [1.29, 1.82) is 0 Å². The molecule has 100 valence electrons. The van der Waals surface area contributed by atoms with Crippen LogP contribution in [0.1, 0.15) is 20.8 Å². The quantitative estimate of drug-likeness (QED) is 0.518. The number of carbonyl (C=O) groups is 2. The number of aliphatic carboxylic acids is 1. The van der Waals surface area contributed by atoms with E-state index in [-0.39, 0.29) is 12.5 Å². The fraction of sp³-hybridized carbons (Fsp3) is 0.818. The van der Waals surface area contributed by atoms with Crippen molar-refractivity contribution in [2.24, 2.45) is 5.41 Å². The summed E-state index contributed by atoms with van der Waals surface area (Å²) in [6, 6.07) is -0.425.